The van der Waals surface area contributed by atoms with Crippen LogP contribution in [0.15, 0.2) is 24.3 Å². The van der Waals surface area contributed by atoms with E-state index in [2.05, 4.69) is 27.9 Å². The van der Waals surface area contributed by atoms with E-state index in [9.17, 15) is 14.4 Å². The molecule has 19 heavy (non-hydrogen) atoms. The Kier molecular flexibility index (Phi) is 4.81. The van der Waals surface area contributed by atoms with Crippen LogP contribution in [0.1, 0.15) is 10.4 Å². The summed E-state index contributed by atoms with van der Waals surface area (Å²) >= 11 is 3.16. The predicted molar refractivity (Wildman–Crippen MR) is 81.1 cm³/mol. The number of halogens is 1. The fourth-order valence-electron chi connectivity index (χ4n) is 1.58. The lowest BCUT2D eigenvalue weighted by molar-refractivity contribution is -0.124. The number of imide groups is 1. The van der Waals surface area contributed by atoms with Crippen LogP contribution >= 0.6 is 34.4 Å². The molecule has 1 heterocycles. The van der Waals surface area contributed by atoms with Crippen molar-refractivity contribution in [1.82, 2.24) is 10.2 Å². The van der Waals surface area contributed by atoms with Crippen molar-refractivity contribution in [3.63, 3.8) is 0 Å². The smallest absolute Gasteiger partial charge is 0.288 e. The molecule has 2 rings (SSSR count). The zero-order valence-corrected chi connectivity index (χ0v) is 12.9. The molecule has 0 aliphatic carbocycles. The van der Waals surface area contributed by atoms with Crippen LogP contribution in [0.4, 0.5) is 4.79 Å². The van der Waals surface area contributed by atoms with Gasteiger partial charge in [-0.25, -0.2) is 0 Å². The van der Waals surface area contributed by atoms with Crippen LogP contribution in [0.25, 0.3) is 0 Å². The van der Waals surface area contributed by atoms with Crippen molar-refractivity contribution in [3.05, 3.63) is 33.4 Å². The van der Waals surface area contributed by atoms with E-state index in [1.807, 2.05) is 12.1 Å². The zero-order valence-electron chi connectivity index (χ0n) is 9.89. The van der Waals surface area contributed by atoms with E-state index in [1.165, 1.54) is 4.90 Å². The van der Waals surface area contributed by atoms with E-state index >= 15 is 0 Å². The van der Waals surface area contributed by atoms with Gasteiger partial charge in [0.25, 0.3) is 11.1 Å². The number of thioether (sulfide) groups is 1. The summed E-state index contributed by atoms with van der Waals surface area (Å²) in [5, 5.41) is 2.45. The lowest BCUT2D eigenvalue weighted by Crippen LogP contribution is -2.37. The first-order valence-corrected chi connectivity index (χ1v) is 7.65. The van der Waals surface area contributed by atoms with Crippen LogP contribution in [0.5, 0.6) is 0 Å². The third-order valence-corrected chi connectivity index (χ3v) is 4.15. The van der Waals surface area contributed by atoms with Gasteiger partial charge in [-0.2, -0.15) is 0 Å². The molecule has 1 fully saturated rings. The number of carbonyl (C=O) groups is 3. The van der Waals surface area contributed by atoms with Crippen LogP contribution in [-0.2, 0) is 4.79 Å². The first kappa shape index (κ1) is 14.3. The van der Waals surface area contributed by atoms with Crippen molar-refractivity contribution in [2.24, 2.45) is 0 Å². The number of amides is 3. The number of hydrogen-bond donors (Lipinski definition) is 1. The van der Waals surface area contributed by atoms with Gasteiger partial charge in [-0.3, -0.25) is 19.3 Å². The molecule has 0 radical (unpaired) electrons. The molecule has 1 aromatic carbocycles. The number of carbonyl (C=O) groups excluding carboxylic acids is 3. The molecule has 5 nitrogen and oxygen atoms in total. The Morgan fingerprint density at radius 3 is 2.58 bits per heavy atom. The summed E-state index contributed by atoms with van der Waals surface area (Å²) in [5.41, 5.74) is 0.564. The number of nitrogens with zero attached hydrogens (tertiary/aromatic N) is 1. The first-order chi connectivity index (χ1) is 9.08. The van der Waals surface area contributed by atoms with Crippen LogP contribution in [0.2, 0.25) is 0 Å². The SMILES string of the molecule is O=C(NCCN1C(=O)CSC1=O)c1ccc(I)cc1. The number of nitrogens with one attached hydrogen (secondary N) is 1. The fourth-order valence-corrected chi connectivity index (χ4v) is 2.69. The standard InChI is InChI=1S/C12H11IN2O3S/c13-9-3-1-8(2-4-9)11(17)14-5-6-15-10(16)7-19-12(15)18/h1-4H,5-7H2,(H,14,17). The summed E-state index contributed by atoms with van der Waals surface area (Å²) < 4.78 is 1.06. The average molecular weight is 390 g/mol. The minimum atomic E-state index is -0.242. The van der Waals surface area contributed by atoms with Crippen LogP contribution in [0, 0.1) is 3.57 Å². The topological polar surface area (TPSA) is 66.5 Å². The molecule has 1 aromatic rings. The Morgan fingerprint density at radius 1 is 1.32 bits per heavy atom. The highest BCUT2D eigenvalue weighted by molar-refractivity contribution is 14.1. The molecule has 0 unspecified atom stereocenters. The largest absolute Gasteiger partial charge is 0.350 e. The highest BCUT2D eigenvalue weighted by atomic mass is 127. The Hall–Kier alpha value is -1.09. The highest BCUT2D eigenvalue weighted by Crippen LogP contribution is 2.17. The second-order valence-electron chi connectivity index (χ2n) is 3.86. The summed E-state index contributed by atoms with van der Waals surface area (Å²) in [7, 11) is 0. The van der Waals surface area contributed by atoms with E-state index in [-0.39, 0.29) is 35.9 Å². The van der Waals surface area contributed by atoms with E-state index in [4.69, 9.17) is 0 Å². The second kappa shape index (κ2) is 6.38. The molecule has 0 spiro atoms. The Bertz CT molecular complexity index is 502. The predicted octanol–water partition coefficient (Wildman–Crippen LogP) is 1.72. The number of rotatable bonds is 4. The fraction of sp³-hybridized carbons (Fsp3) is 0.250. The summed E-state index contributed by atoms with van der Waals surface area (Å²) in [6.45, 7) is 0.490. The molecular weight excluding hydrogens is 379 g/mol. The van der Waals surface area contributed by atoms with Gasteiger partial charge in [-0.15, -0.1) is 0 Å². The van der Waals surface area contributed by atoms with Gasteiger partial charge in [0.05, 0.1) is 5.75 Å². The van der Waals surface area contributed by atoms with Gasteiger partial charge >= 0.3 is 0 Å². The quantitative estimate of drug-likeness (QED) is 0.796. The summed E-state index contributed by atoms with van der Waals surface area (Å²) in [4.78, 5) is 35.6. The second-order valence-corrected chi connectivity index (χ2v) is 6.03. The van der Waals surface area contributed by atoms with E-state index < -0.39 is 0 Å². The van der Waals surface area contributed by atoms with E-state index in [1.54, 1.807) is 12.1 Å². The Morgan fingerprint density at radius 2 is 2.00 bits per heavy atom. The van der Waals surface area contributed by atoms with Crippen molar-refractivity contribution < 1.29 is 14.4 Å². The third kappa shape index (κ3) is 3.69. The lowest BCUT2D eigenvalue weighted by Gasteiger charge is -2.13. The molecule has 7 heteroatoms. The van der Waals surface area contributed by atoms with Gasteiger partial charge in [0, 0.05) is 22.2 Å². The summed E-state index contributed by atoms with van der Waals surface area (Å²) in [5.74, 6) is -0.203. The van der Waals surface area contributed by atoms with Gasteiger partial charge in [0.1, 0.15) is 0 Å². The van der Waals surface area contributed by atoms with E-state index in [0.29, 0.717) is 5.56 Å². The van der Waals surface area contributed by atoms with E-state index in [0.717, 1.165) is 15.3 Å². The molecule has 1 aliphatic rings. The Balaban J connectivity index is 1.82. The molecule has 1 saturated heterocycles. The molecule has 1 N–H and O–H groups in total. The van der Waals surface area contributed by atoms with Crippen molar-refractivity contribution in [1.29, 1.82) is 0 Å². The maximum absolute atomic E-state index is 11.8. The molecule has 0 saturated carbocycles. The molecule has 3 amide bonds. The molecule has 100 valence electrons. The minimum absolute atomic E-state index is 0.196. The van der Waals surface area contributed by atoms with Crippen molar-refractivity contribution >= 4 is 51.4 Å². The van der Waals surface area contributed by atoms with Gasteiger partial charge < -0.3 is 5.32 Å². The number of benzene rings is 1. The highest BCUT2D eigenvalue weighted by Gasteiger charge is 2.29. The maximum atomic E-state index is 11.8. The van der Waals surface area contributed by atoms with Gasteiger partial charge in [0.2, 0.25) is 5.91 Å². The molecule has 0 aromatic heterocycles. The summed E-state index contributed by atoms with van der Waals surface area (Å²) in [6.07, 6.45) is 0. The third-order valence-electron chi connectivity index (χ3n) is 2.57. The van der Waals surface area contributed by atoms with Crippen molar-refractivity contribution in [3.8, 4) is 0 Å². The molecule has 0 atom stereocenters. The van der Waals surface area contributed by atoms with Crippen LogP contribution < -0.4 is 5.32 Å². The van der Waals surface area contributed by atoms with Gasteiger partial charge in [-0.1, -0.05) is 11.8 Å². The normalized spacial score (nSPS) is 14.9. The summed E-state index contributed by atoms with van der Waals surface area (Å²) in [6, 6.07) is 7.16. The number of hydrogen-bond acceptors (Lipinski definition) is 4. The minimum Gasteiger partial charge on any atom is -0.350 e. The average Bonchev–Trinajstić information content (AvgIpc) is 2.71. The van der Waals surface area contributed by atoms with Gasteiger partial charge in [-0.05, 0) is 46.9 Å². The van der Waals surface area contributed by atoms with Crippen molar-refractivity contribution in [2.45, 2.75) is 0 Å². The van der Waals surface area contributed by atoms with Crippen LogP contribution in [0.3, 0.4) is 0 Å². The van der Waals surface area contributed by atoms with Crippen LogP contribution in [-0.4, -0.2) is 40.8 Å². The molecule has 1 aliphatic heterocycles. The molecule has 0 bridgehead atoms. The van der Waals surface area contributed by atoms with Gasteiger partial charge in [0.15, 0.2) is 0 Å². The maximum Gasteiger partial charge on any atom is 0.288 e. The Labute approximate surface area is 128 Å². The first-order valence-electron chi connectivity index (χ1n) is 5.59. The zero-order chi connectivity index (χ0) is 13.8. The molecular formula is C12H11IN2O3S. The lowest BCUT2D eigenvalue weighted by atomic mass is 10.2. The van der Waals surface area contributed by atoms with Crippen molar-refractivity contribution in [2.75, 3.05) is 18.8 Å². The monoisotopic (exact) mass is 390 g/mol.